The molecule has 1 heterocycles. The highest BCUT2D eigenvalue weighted by Crippen LogP contribution is 2.33. The molecule has 0 aliphatic carbocycles. The van der Waals surface area contributed by atoms with Gasteiger partial charge in [0.25, 0.3) is 0 Å². The predicted molar refractivity (Wildman–Crippen MR) is 96.2 cm³/mol. The number of rotatable bonds is 5. The lowest BCUT2D eigenvalue weighted by molar-refractivity contribution is -0.274. The van der Waals surface area contributed by atoms with Gasteiger partial charge in [0.2, 0.25) is 0 Å². The summed E-state index contributed by atoms with van der Waals surface area (Å²) in [5.74, 6) is 1.77. The van der Waals surface area contributed by atoms with Crippen molar-refractivity contribution in [2.75, 3.05) is 6.54 Å². The number of hydrogen-bond acceptors (Lipinski definition) is 5. The summed E-state index contributed by atoms with van der Waals surface area (Å²) >= 11 is 3.13. The van der Waals surface area contributed by atoms with Crippen LogP contribution in [0.1, 0.15) is 39.2 Å². The molecule has 1 aliphatic rings. The zero-order chi connectivity index (χ0) is 20.2. The number of hydrogen-bond donors (Lipinski definition) is 0. The topological polar surface area (TPSA) is 48.0 Å². The van der Waals surface area contributed by atoms with Crippen LogP contribution in [-0.2, 0) is 15.0 Å². The first-order valence-electron chi connectivity index (χ1n) is 8.32. The molecule has 0 amide bonds. The molecule has 150 valence electrons. The van der Waals surface area contributed by atoms with Crippen LogP contribution >= 0.6 is 15.9 Å². The van der Waals surface area contributed by atoms with Gasteiger partial charge in [-0.05, 0) is 26.8 Å². The van der Waals surface area contributed by atoms with Crippen LogP contribution in [0, 0.1) is 0 Å². The smallest absolute Gasteiger partial charge is 0.490 e. The number of hydroxylamine groups is 2. The summed E-state index contributed by atoms with van der Waals surface area (Å²) in [6, 6.07) is 4.27. The fourth-order valence-electron chi connectivity index (χ4n) is 2.57. The second-order valence-corrected chi connectivity index (χ2v) is 7.60. The lowest BCUT2D eigenvalue weighted by Gasteiger charge is -2.36. The van der Waals surface area contributed by atoms with Crippen LogP contribution < -0.4 is 9.47 Å². The Morgan fingerprint density at radius 2 is 2.00 bits per heavy atom. The zero-order valence-corrected chi connectivity index (χ0v) is 16.8. The molecule has 1 atom stereocenters. The van der Waals surface area contributed by atoms with E-state index in [0.717, 1.165) is 0 Å². The zero-order valence-electron chi connectivity index (χ0n) is 15.2. The van der Waals surface area contributed by atoms with E-state index >= 15 is 0 Å². The van der Waals surface area contributed by atoms with Gasteiger partial charge in [-0.25, -0.2) is 9.86 Å². The largest absolute Gasteiger partial charge is 0.573 e. The minimum atomic E-state index is -4.79. The summed E-state index contributed by atoms with van der Waals surface area (Å²) in [4.78, 5) is 17.0. The quantitative estimate of drug-likeness (QED) is 0.476. The maximum Gasteiger partial charge on any atom is 0.573 e. The summed E-state index contributed by atoms with van der Waals surface area (Å²) in [5.41, 5.74) is 0.192. The summed E-state index contributed by atoms with van der Waals surface area (Å²) < 4.78 is 47.6. The van der Waals surface area contributed by atoms with E-state index in [9.17, 15) is 18.0 Å². The van der Waals surface area contributed by atoms with E-state index in [1.54, 1.807) is 6.07 Å². The first-order chi connectivity index (χ1) is 12.5. The van der Waals surface area contributed by atoms with Crippen LogP contribution in [0.2, 0.25) is 0 Å². The van der Waals surface area contributed by atoms with Gasteiger partial charge >= 0.3 is 6.36 Å². The lowest BCUT2D eigenvalue weighted by Crippen LogP contribution is -2.41. The Morgan fingerprint density at radius 3 is 2.56 bits per heavy atom. The molecular formula is C18H21BrF3NO4. The van der Waals surface area contributed by atoms with Crippen molar-refractivity contribution in [3.63, 3.8) is 0 Å². The molecule has 0 aromatic heterocycles. The summed E-state index contributed by atoms with van der Waals surface area (Å²) in [7, 11) is 0. The molecule has 1 saturated heterocycles. The summed E-state index contributed by atoms with van der Waals surface area (Å²) in [5, 5.41) is 1.71. The van der Waals surface area contributed by atoms with Gasteiger partial charge in [0.15, 0.2) is 0 Å². The SMILES string of the molecule is CC(C)(C)ON1CCC(Oc2ccc(CBr)c(OC(F)(F)F)c2)CC1=C=O. The number of nitrogens with zero attached hydrogens (tertiary/aromatic N) is 1. The molecule has 5 nitrogen and oxygen atoms in total. The van der Waals surface area contributed by atoms with Gasteiger partial charge in [0, 0.05) is 36.3 Å². The molecule has 9 heteroatoms. The number of carbonyl (C=O) groups excluding carboxylic acids is 1. The Balaban J connectivity index is 2.09. The molecule has 27 heavy (non-hydrogen) atoms. The number of ether oxygens (including phenoxy) is 2. The average molecular weight is 452 g/mol. The van der Waals surface area contributed by atoms with E-state index in [2.05, 4.69) is 20.7 Å². The van der Waals surface area contributed by atoms with Crippen molar-refractivity contribution in [1.29, 1.82) is 0 Å². The Kier molecular flexibility index (Phi) is 6.83. The summed E-state index contributed by atoms with van der Waals surface area (Å²) in [6.07, 6.45) is -4.39. The Labute approximate surface area is 164 Å². The van der Waals surface area contributed by atoms with Crippen LogP contribution in [0.4, 0.5) is 13.2 Å². The van der Waals surface area contributed by atoms with E-state index < -0.39 is 12.0 Å². The Morgan fingerprint density at radius 1 is 1.30 bits per heavy atom. The molecule has 0 spiro atoms. The summed E-state index contributed by atoms with van der Waals surface area (Å²) in [6.45, 7) is 6.01. The number of halogens is 4. The molecule has 1 aliphatic heterocycles. The van der Waals surface area contributed by atoms with Crippen molar-refractivity contribution < 1.29 is 32.3 Å². The second kappa shape index (κ2) is 8.54. The minimum absolute atomic E-state index is 0.208. The van der Waals surface area contributed by atoms with Gasteiger partial charge in [-0.2, -0.15) is 0 Å². The molecule has 0 radical (unpaired) electrons. The lowest BCUT2D eigenvalue weighted by atomic mass is 10.1. The van der Waals surface area contributed by atoms with Gasteiger partial charge in [0.05, 0.1) is 5.60 Å². The third-order valence-electron chi connectivity index (χ3n) is 3.59. The Hall–Kier alpha value is -1.70. The molecule has 0 saturated carbocycles. The fraction of sp³-hybridized carbons (Fsp3) is 0.556. The monoisotopic (exact) mass is 451 g/mol. The number of alkyl halides is 4. The van der Waals surface area contributed by atoms with E-state index in [1.807, 2.05) is 26.7 Å². The molecular weight excluding hydrogens is 431 g/mol. The number of benzene rings is 1. The molecule has 2 rings (SSSR count). The van der Waals surface area contributed by atoms with Crippen molar-refractivity contribution in [3.8, 4) is 11.5 Å². The van der Waals surface area contributed by atoms with Crippen LogP contribution in [0.25, 0.3) is 0 Å². The number of piperidine rings is 1. The van der Waals surface area contributed by atoms with Crippen LogP contribution in [0.5, 0.6) is 11.5 Å². The van der Waals surface area contributed by atoms with Crippen molar-refractivity contribution in [1.82, 2.24) is 5.06 Å². The van der Waals surface area contributed by atoms with Gasteiger partial charge in [-0.1, -0.05) is 22.0 Å². The minimum Gasteiger partial charge on any atom is -0.490 e. The van der Waals surface area contributed by atoms with Gasteiger partial charge in [0.1, 0.15) is 29.2 Å². The fourth-order valence-corrected chi connectivity index (χ4v) is 3.03. The van der Waals surface area contributed by atoms with Gasteiger partial charge in [-0.15, -0.1) is 13.2 Å². The second-order valence-electron chi connectivity index (χ2n) is 7.04. The molecule has 1 unspecified atom stereocenters. The molecule has 1 aromatic rings. The van der Waals surface area contributed by atoms with E-state index in [4.69, 9.17) is 9.57 Å². The Bertz CT molecular complexity index is 712. The molecule has 1 fully saturated rings. The van der Waals surface area contributed by atoms with Crippen molar-refractivity contribution >= 4 is 21.9 Å². The first-order valence-corrected chi connectivity index (χ1v) is 9.45. The highest BCUT2D eigenvalue weighted by molar-refractivity contribution is 9.08. The standard InChI is InChI=1S/C18H21BrF3NO4/c1-17(2,3)27-23-7-6-15(8-13(23)11-24)25-14-5-4-12(10-19)16(9-14)26-18(20,21)22/h4-5,9,15H,6-8,10H2,1-3H3. The molecule has 0 bridgehead atoms. The van der Waals surface area contributed by atoms with Crippen LogP contribution in [0.3, 0.4) is 0 Å². The van der Waals surface area contributed by atoms with E-state index in [1.165, 1.54) is 17.2 Å². The van der Waals surface area contributed by atoms with Gasteiger partial charge in [-0.3, -0.25) is 4.84 Å². The maximum atomic E-state index is 12.6. The third kappa shape index (κ3) is 6.75. The average Bonchev–Trinajstić information content (AvgIpc) is 2.54. The highest BCUT2D eigenvalue weighted by atomic mass is 79.9. The van der Waals surface area contributed by atoms with Crippen molar-refractivity contribution in [2.45, 2.75) is 57.0 Å². The third-order valence-corrected chi connectivity index (χ3v) is 4.19. The molecule has 0 N–H and O–H groups in total. The molecule has 1 aromatic carbocycles. The predicted octanol–water partition coefficient (Wildman–Crippen LogP) is 4.77. The van der Waals surface area contributed by atoms with Crippen molar-refractivity contribution in [3.05, 3.63) is 29.5 Å². The highest BCUT2D eigenvalue weighted by Gasteiger charge is 2.33. The van der Waals surface area contributed by atoms with Crippen LogP contribution in [-0.4, -0.2) is 35.6 Å². The normalized spacial score (nSPS) is 18.3. The first kappa shape index (κ1) is 21.6. The van der Waals surface area contributed by atoms with E-state index in [0.29, 0.717) is 24.2 Å². The van der Waals surface area contributed by atoms with Crippen molar-refractivity contribution in [2.24, 2.45) is 0 Å². The maximum absolute atomic E-state index is 12.6. The van der Waals surface area contributed by atoms with E-state index in [-0.39, 0.29) is 29.4 Å². The van der Waals surface area contributed by atoms with Crippen LogP contribution in [0.15, 0.2) is 23.9 Å². The van der Waals surface area contributed by atoms with Gasteiger partial charge < -0.3 is 9.47 Å².